The molecule has 3 aromatic heterocycles. The average molecular weight is 375 g/mol. The number of rotatable bonds is 5. The summed E-state index contributed by atoms with van der Waals surface area (Å²) >= 11 is 7.30. The van der Waals surface area contributed by atoms with Crippen LogP contribution < -0.4 is 5.32 Å². The number of nitrogens with one attached hydrogen (secondary N) is 1. The van der Waals surface area contributed by atoms with Gasteiger partial charge in [0.25, 0.3) is 5.91 Å². The zero-order valence-corrected chi connectivity index (χ0v) is 15.9. The fourth-order valence-electron chi connectivity index (χ4n) is 2.77. The molecule has 3 heterocycles. The summed E-state index contributed by atoms with van der Waals surface area (Å²) in [7, 11) is 0. The molecule has 0 bridgehead atoms. The van der Waals surface area contributed by atoms with Crippen LogP contribution in [0.5, 0.6) is 0 Å². The Labute approximate surface area is 155 Å². The maximum Gasteiger partial charge on any atom is 0.276 e. The molecule has 0 aliphatic rings. The zero-order chi connectivity index (χ0) is 18.0. The number of carbonyl (C=O) groups is 1. The van der Waals surface area contributed by atoms with Gasteiger partial charge in [-0.05, 0) is 38.5 Å². The minimum atomic E-state index is -0.320. The second kappa shape index (κ2) is 7.37. The third kappa shape index (κ3) is 3.75. The highest BCUT2D eigenvalue weighted by molar-refractivity contribution is 7.14. The van der Waals surface area contributed by atoms with Gasteiger partial charge in [0.2, 0.25) is 0 Å². The van der Waals surface area contributed by atoms with Gasteiger partial charge < -0.3 is 4.57 Å². The summed E-state index contributed by atoms with van der Waals surface area (Å²) in [5.41, 5.74) is 4.65. The van der Waals surface area contributed by atoms with E-state index in [1.54, 1.807) is 6.07 Å². The van der Waals surface area contributed by atoms with E-state index in [0.717, 1.165) is 24.2 Å². The van der Waals surface area contributed by atoms with Crippen LogP contribution in [0.3, 0.4) is 0 Å². The highest BCUT2D eigenvalue weighted by Crippen LogP contribution is 2.30. The second-order valence-electron chi connectivity index (χ2n) is 5.79. The Morgan fingerprint density at radius 2 is 2.16 bits per heavy atom. The molecular weight excluding hydrogens is 356 g/mol. The molecule has 130 valence electrons. The van der Waals surface area contributed by atoms with Gasteiger partial charge in [0.15, 0.2) is 5.13 Å². The summed E-state index contributed by atoms with van der Waals surface area (Å²) in [4.78, 5) is 20.8. The summed E-state index contributed by atoms with van der Waals surface area (Å²) in [6.07, 6.45) is 2.59. The number of thiazole rings is 1. The largest absolute Gasteiger partial charge is 0.348 e. The monoisotopic (exact) mass is 374 g/mol. The number of anilines is 1. The van der Waals surface area contributed by atoms with E-state index in [4.69, 9.17) is 11.6 Å². The zero-order valence-electron chi connectivity index (χ0n) is 14.3. The van der Waals surface area contributed by atoms with Gasteiger partial charge in [0.05, 0.1) is 5.69 Å². The number of hydrogen-bond acceptors (Lipinski definition) is 4. The Morgan fingerprint density at radius 3 is 2.88 bits per heavy atom. The lowest BCUT2D eigenvalue weighted by Gasteiger charge is -2.07. The van der Waals surface area contributed by atoms with Gasteiger partial charge in [-0.1, -0.05) is 18.5 Å². The topological polar surface area (TPSA) is 59.8 Å². The molecule has 25 heavy (non-hydrogen) atoms. The number of carbonyl (C=O) groups excluding carboxylic acids is 1. The van der Waals surface area contributed by atoms with Gasteiger partial charge in [-0.2, -0.15) is 0 Å². The van der Waals surface area contributed by atoms with E-state index in [2.05, 4.69) is 46.7 Å². The van der Waals surface area contributed by atoms with Crippen molar-refractivity contribution in [2.75, 3.05) is 5.32 Å². The molecule has 0 spiro atoms. The Balaban J connectivity index is 1.81. The van der Waals surface area contributed by atoms with E-state index in [9.17, 15) is 4.79 Å². The number of amides is 1. The molecule has 0 radical (unpaired) electrons. The molecule has 0 saturated carbocycles. The van der Waals surface area contributed by atoms with Gasteiger partial charge in [0.1, 0.15) is 5.69 Å². The van der Waals surface area contributed by atoms with Crippen molar-refractivity contribution >= 4 is 34.0 Å². The standard InChI is InChI=1S/C18H19ClN4OS/c1-4-7-23-11(2)8-14(12(23)3)16-10-25-18(21-16)22-17(24)15-9-13(19)5-6-20-15/h5-6,8-10H,4,7H2,1-3H3,(H,21,22,24). The van der Waals surface area contributed by atoms with Crippen molar-refractivity contribution in [1.82, 2.24) is 14.5 Å². The van der Waals surface area contributed by atoms with Crippen LogP contribution in [0.2, 0.25) is 5.02 Å². The number of pyridine rings is 1. The van der Waals surface area contributed by atoms with Crippen LogP contribution in [0.4, 0.5) is 5.13 Å². The molecule has 5 nitrogen and oxygen atoms in total. The highest BCUT2D eigenvalue weighted by Gasteiger charge is 2.15. The lowest BCUT2D eigenvalue weighted by atomic mass is 10.2. The van der Waals surface area contributed by atoms with E-state index in [0.29, 0.717) is 10.2 Å². The molecule has 0 fully saturated rings. The molecule has 0 aliphatic heterocycles. The molecule has 0 saturated heterocycles. The van der Waals surface area contributed by atoms with Crippen LogP contribution in [0, 0.1) is 13.8 Å². The fourth-order valence-corrected chi connectivity index (χ4v) is 3.64. The van der Waals surface area contributed by atoms with Crippen LogP contribution in [-0.4, -0.2) is 20.4 Å². The van der Waals surface area contributed by atoms with Gasteiger partial charge in [-0.15, -0.1) is 11.3 Å². The Bertz CT molecular complexity index is 916. The first-order valence-electron chi connectivity index (χ1n) is 8.05. The molecule has 1 amide bonds. The molecule has 3 rings (SSSR count). The van der Waals surface area contributed by atoms with Crippen molar-refractivity contribution in [3.8, 4) is 11.3 Å². The van der Waals surface area contributed by atoms with Crippen molar-refractivity contribution in [3.63, 3.8) is 0 Å². The summed E-state index contributed by atoms with van der Waals surface area (Å²) in [6, 6.07) is 5.31. The molecule has 0 atom stereocenters. The van der Waals surface area contributed by atoms with Crippen molar-refractivity contribution in [3.05, 3.63) is 51.9 Å². The van der Waals surface area contributed by atoms with E-state index in [1.165, 1.54) is 35.0 Å². The summed E-state index contributed by atoms with van der Waals surface area (Å²) in [5.74, 6) is -0.320. The van der Waals surface area contributed by atoms with Gasteiger partial charge >= 0.3 is 0 Å². The number of aryl methyl sites for hydroxylation is 1. The summed E-state index contributed by atoms with van der Waals surface area (Å²) in [6.45, 7) is 7.36. The number of aromatic nitrogens is 3. The van der Waals surface area contributed by atoms with E-state index >= 15 is 0 Å². The normalized spacial score (nSPS) is 10.9. The van der Waals surface area contributed by atoms with Crippen LogP contribution in [-0.2, 0) is 6.54 Å². The molecule has 0 aromatic carbocycles. The lowest BCUT2D eigenvalue weighted by Crippen LogP contribution is -2.13. The van der Waals surface area contributed by atoms with Crippen LogP contribution in [0.25, 0.3) is 11.3 Å². The minimum Gasteiger partial charge on any atom is -0.348 e. The first-order chi connectivity index (χ1) is 12.0. The van der Waals surface area contributed by atoms with Crippen molar-refractivity contribution in [2.45, 2.75) is 33.7 Å². The predicted octanol–water partition coefficient (Wildman–Crippen LogP) is 4.94. The Kier molecular flexibility index (Phi) is 5.20. The van der Waals surface area contributed by atoms with Gasteiger partial charge in [-0.25, -0.2) is 4.98 Å². The second-order valence-corrected chi connectivity index (χ2v) is 7.08. The quantitative estimate of drug-likeness (QED) is 0.688. The smallest absolute Gasteiger partial charge is 0.276 e. The van der Waals surface area contributed by atoms with E-state index in [1.807, 2.05) is 5.38 Å². The fraction of sp³-hybridized carbons (Fsp3) is 0.278. The van der Waals surface area contributed by atoms with Crippen molar-refractivity contribution in [2.24, 2.45) is 0 Å². The summed E-state index contributed by atoms with van der Waals surface area (Å²) in [5, 5.41) is 5.76. The van der Waals surface area contributed by atoms with Crippen molar-refractivity contribution < 1.29 is 4.79 Å². The third-order valence-electron chi connectivity index (χ3n) is 3.98. The lowest BCUT2D eigenvalue weighted by molar-refractivity contribution is 0.102. The van der Waals surface area contributed by atoms with E-state index in [-0.39, 0.29) is 11.6 Å². The molecule has 0 unspecified atom stereocenters. The SMILES string of the molecule is CCCn1c(C)cc(-c2csc(NC(=O)c3cc(Cl)ccn3)n2)c1C. The highest BCUT2D eigenvalue weighted by atomic mass is 35.5. The number of nitrogens with zero attached hydrogens (tertiary/aromatic N) is 3. The molecule has 0 aliphatic carbocycles. The molecule has 3 aromatic rings. The van der Waals surface area contributed by atoms with Crippen molar-refractivity contribution in [1.29, 1.82) is 0 Å². The van der Waals surface area contributed by atoms with E-state index < -0.39 is 0 Å². The third-order valence-corrected chi connectivity index (χ3v) is 4.97. The maximum absolute atomic E-state index is 12.3. The Morgan fingerprint density at radius 1 is 1.36 bits per heavy atom. The summed E-state index contributed by atoms with van der Waals surface area (Å²) < 4.78 is 2.29. The van der Waals surface area contributed by atoms with Crippen LogP contribution >= 0.6 is 22.9 Å². The van der Waals surface area contributed by atoms with Gasteiger partial charge in [-0.3, -0.25) is 15.1 Å². The first-order valence-corrected chi connectivity index (χ1v) is 9.31. The number of halogens is 1. The molecule has 7 heteroatoms. The minimum absolute atomic E-state index is 0.269. The predicted molar refractivity (Wildman–Crippen MR) is 103 cm³/mol. The molecule has 1 N–H and O–H groups in total. The van der Waals surface area contributed by atoms with Crippen LogP contribution in [0.1, 0.15) is 35.2 Å². The maximum atomic E-state index is 12.3. The Hall–Kier alpha value is -2.18. The first kappa shape index (κ1) is 17.6. The number of hydrogen-bond donors (Lipinski definition) is 1. The molecular formula is C18H19ClN4OS. The van der Waals surface area contributed by atoms with Crippen LogP contribution in [0.15, 0.2) is 29.8 Å². The van der Waals surface area contributed by atoms with Gasteiger partial charge in [0, 0.05) is 40.1 Å². The average Bonchev–Trinajstić information content (AvgIpc) is 3.14.